The highest BCUT2D eigenvalue weighted by Crippen LogP contribution is 2.43. The number of hydrogen-bond acceptors (Lipinski definition) is 5. The van der Waals surface area contributed by atoms with E-state index in [-0.39, 0.29) is 11.7 Å². The Kier molecular flexibility index (Phi) is 7.15. The van der Waals surface area contributed by atoms with Crippen LogP contribution < -0.4 is 0 Å². The number of nitrogens with zero attached hydrogens (tertiary/aromatic N) is 3. The van der Waals surface area contributed by atoms with Gasteiger partial charge in [-0.05, 0) is 68.0 Å². The van der Waals surface area contributed by atoms with Crippen LogP contribution in [0.15, 0.2) is 46.7 Å². The lowest BCUT2D eigenvalue weighted by atomic mass is 9.80. The maximum atomic E-state index is 14.8. The molecule has 7 heteroatoms. The maximum Gasteiger partial charge on any atom is 0.338 e. The summed E-state index contributed by atoms with van der Waals surface area (Å²) in [5.41, 5.74) is 3.07. The van der Waals surface area contributed by atoms with Crippen LogP contribution in [0.5, 0.6) is 0 Å². The number of aliphatic hydroxyl groups is 1. The van der Waals surface area contributed by atoms with Gasteiger partial charge >= 0.3 is 5.97 Å². The average Bonchev–Trinajstić information content (AvgIpc) is 3.32. The van der Waals surface area contributed by atoms with E-state index in [4.69, 9.17) is 4.74 Å². The lowest BCUT2D eigenvalue weighted by Gasteiger charge is -2.29. The van der Waals surface area contributed by atoms with Crippen molar-refractivity contribution in [2.45, 2.75) is 57.5 Å². The Morgan fingerprint density at radius 1 is 1.12 bits per heavy atom. The molecule has 32 heavy (non-hydrogen) atoms. The summed E-state index contributed by atoms with van der Waals surface area (Å²) in [6, 6.07) is 9.85. The number of esters is 1. The lowest BCUT2D eigenvalue weighted by molar-refractivity contribution is 0.0526. The van der Waals surface area contributed by atoms with Crippen molar-refractivity contribution < 1.29 is 19.0 Å². The average molecular weight is 440 g/mol. The third-order valence-corrected chi connectivity index (χ3v) is 6.29. The van der Waals surface area contributed by atoms with Crippen LogP contribution in [0.25, 0.3) is 11.1 Å². The number of aliphatic hydroxyl groups excluding tert-OH is 1. The summed E-state index contributed by atoms with van der Waals surface area (Å²) in [4.78, 5) is 12.0. The van der Waals surface area contributed by atoms with E-state index in [9.17, 15) is 14.3 Å². The molecule has 2 aromatic carbocycles. The van der Waals surface area contributed by atoms with Crippen LogP contribution in [0, 0.1) is 5.82 Å². The van der Waals surface area contributed by atoms with Crippen LogP contribution in [0.4, 0.5) is 10.1 Å². The smallest absolute Gasteiger partial charge is 0.338 e. The van der Waals surface area contributed by atoms with Crippen LogP contribution >= 0.6 is 0 Å². The minimum Gasteiger partial charge on any atom is -0.462 e. The van der Waals surface area contributed by atoms with Crippen molar-refractivity contribution in [1.82, 2.24) is 5.01 Å². The molecule has 2 fully saturated rings. The summed E-state index contributed by atoms with van der Waals surface area (Å²) in [7, 11) is 0. The Balaban J connectivity index is 1.77. The molecule has 0 spiro atoms. The lowest BCUT2D eigenvalue weighted by Crippen LogP contribution is -2.23. The minimum absolute atomic E-state index is 0.176. The molecule has 1 N–H and O–H groups in total. The van der Waals surface area contributed by atoms with Gasteiger partial charge in [0.25, 0.3) is 0 Å². The first-order valence-electron chi connectivity index (χ1n) is 11.5. The van der Waals surface area contributed by atoms with Crippen molar-refractivity contribution in [3.05, 3.63) is 53.3 Å². The predicted molar refractivity (Wildman–Crippen MR) is 120 cm³/mol. The first-order chi connectivity index (χ1) is 15.6. The summed E-state index contributed by atoms with van der Waals surface area (Å²) in [5, 5.41) is 21.6. The zero-order chi connectivity index (χ0) is 22.5. The monoisotopic (exact) mass is 439 g/mol. The second kappa shape index (κ2) is 10.2. The van der Waals surface area contributed by atoms with Gasteiger partial charge in [-0.3, -0.25) is 5.01 Å². The Morgan fingerprint density at radius 3 is 2.53 bits per heavy atom. The Labute approximate surface area is 188 Å². The molecule has 0 radical (unpaired) electrons. The van der Waals surface area contributed by atoms with E-state index in [0.29, 0.717) is 35.4 Å². The van der Waals surface area contributed by atoms with Gasteiger partial charge in [0.2, 0.25) is 0 Å². The number of carbonyl (C=O) groups excluding carboxylic acids is 1. The fraction of sp³-hybridized carbons (Fsp3) is 0.480. The minimum atomic E-state index is -0.523. The molecule has 0 unspecified atom stereocenters. The Bertz CT molecular complexity index is 971. The van der Waals surface area contributed by atoms with Crippen LogP contribution in [0.3, 0.4) is 0 Å². The maximum absolute atomic E-state index is 14.8. The summed E-state index contributed by atoms with van der Waals surface area (Å²) >= 11 is 0. The molecule has 170 valence electrons. The molecule has 6 nitrogen and oxygen atoms in total. The third kappa shape index (κ3) is 4.99. The van der Waals surface area contributed by atoms with Crippen molar-refractivity contribution in [2.24, 2.45) is 10.3 Å². The SMILES string of the molecule is CCOC(=O)c1ccc(-c2cc(F)cc([C@H]3CCCC[C@@H]3O)c2N=NN2CCCC2)cc1. The fourth-order valence-corrected chi connectivity index (χ4v) is 4.61. The highest BCUT2D eigenvalue weighted by atomic mass is 19.1. The Hall–Kier alpha value is -2.80. The van der Waals surface area contributed by atoms with E-state index >= 15 is 0 Å². The molecule has 1 aliphatic heterocycles. The van der Waals surface area contributed by atoms with E-state index in [1.54, 1.807) is 31.2 Å². The van der Waals surface area contributed by atoms with E-state index in [0.717, 1.165) is 50.8 Å². The molecular formula is C25H30FN3O3. The number of halogens is 1. The second-order valence-electron chi connectivity index (χ2n) is 8.50. The van der Waals surface area contributed by atoms with E-state index < -0.39 is 12.1 Å². The van der Waals surface area contributed by atoms with Gasteiger partial charge in [-0.1, -0.05) is 30.2 Å². The summed E-state index contributed by atoms with van der Waals surface area (Å²) in [6.45, 7) is 3.78. The Morgan fingerprint density at radius 2 is 1.84 bits per heavy atom. The van der Waals surface area contributed by atoms with Gasteiger partial charge in [0.15, 0.2) is 0 Å². The summed E-state index contributed by atoms with van der Waals surface area (Å²) in [5.74, 6) is -0.940. The van der Waals surface area contributed by atoms with Gasteiger partial charge in [0.1, 0.15) is 5.82 Å². The molecule has 0 amide bonds. The van der Waals surface area contributed by atoms with E-state index in [1.165, 1.54) is 12.1 Å². The van der Waals surface area contributed by atoms with Crippen molar-refractivity contribution in [3.63, 3.8) is 0 Å². The van der Waals surface area contributed by atoms with Gasteiger partial charge in [0.05, 0.1) is 24.0 Å². The van der Waals surface area contributed by atoms with Crippen molar-refractivity contribution in [2.75, 3.05) is 19.7 Å². The molecule has 2 aliphatic rings. The predicted octanol–water partition coefficient (Wildman–Crippen LogP) is 5.78. The van der Waals surface area contributed by atoms with E-state index in [2.05, 4.69) is 10.3 Å². The standard InChI is InChI=1S/C25H30FN3O3/c1-2-32-25(31)18-11-9-17(10-12-18)21-15-19(26)16-22(20-7-3-4-8-23(20)30)24(21)27-28-29-13-5-6-14-29/h9-12,15-16,20,23,30H,2-8,13-14H2,1H3/t20-,23+/m1/s1. The molecule has 1 saturated carbocycles. The first-order valence-corrected chi connectivity index (χ1v) is 11.5. The quantitative estimate of drug-likeness (QED) is 0.457. The van der Waals surface area contributed by atoms with E-state index in [1.807, 2.05) is 5.01 Å². The largest absolute Gasteiger partial charge is 0.462 e. The molecule has 2 atom stereocenters. The molecule has 2 aromatic rings. The van der Waals surface area contributed by atoms with Crippen LogP contribution in [-0.2, 0) is 4.74 Å². The van der Waals surface area contributed by atoms with Crippen LogP contribution in [-0.4, -0.2) is 41.9 Å². The molecule has 1 aliphatic carbocycles. The second-order valence-corrected chi connectivity index (χ2v) is 8.50. The molecular weight excluding hydrogens is 409 g/mol. The topological polar surface area (TPSA) is 74.5 Å². The number of carbonyl (C=O) groups is 1. The molecule has 1 saturated heterocycles. The van der Waals surface area contributed by atoms with Crippen molar-refractivity contribution >= 4 is 11.7 Å². The normalized spacial score (nSPS) is 21.3. The van der Waals surface area contributed by atoms with Crippen molar-refractivity contribution in [3.8, 4) is 11.1 Å². The van der Waals surface area contributed by atoms with Gasteiger partial charge in [-0.25, -0.2) is 9.18 Å². The van der Waals surface area contributed by atoms with Crippen molar-refractivity contribution in [1.29, 1.82) is 0 Å². The van der Waals surface area contributed by atoms with Crippen LogP contribution in [0.2, 0.25) is 0 Å². The van der Waals surface area contributed by atoms with Gasteiger partial charge in [0, 0.05) is 24.6 Å². The zero-order valence-corrected chi connectivity index (χ0v) is 18.5. The number of benzene rings is 2. The van der Waals surface area contributed by atoms with Gasteiger partial charge < -0.3 is 9.84 Å². The molecule has 1 heterocycles. The first kappa shape index (κ1) is 22.4. The summed E-state index contributed by atoms with van der Waals surface area (Å²) in [6.07, 6.45) is 5.10. The highest BCUT2D eigenvalue weighted by Gasteiger charge is 2.29. The number of hydrogen-bond donors (Lipinski definition) is 1. The molecule has 0 aromatic heterocycles. The van der Waals surface area contributed by atoms with Crippen LogP contribution in [0.1, 0.15) is 67.3 Å². The van der Waals surface area contributed by atoms with Gasteiger partial charge in [-0.15, -0.1) is 5.11 Å². The fourth-order valence-electron chi connectivity index (χ4n) is 4.61. The zero-order valence-electron chi connectivity index (χ0n) is 18.5. The highest BCUT2D eigenvalue weighted by molar-refractivity contribution is 5.90. The third-order valence-electron chi connectivity index (χ3n) is 6.29. The summed E-state index contributed by atoms with van der Waals surface area (Å²) < 4.78 is 19.8. The van der Waals surface area contributed by atoms with Gasteiger partial charge in [-0.2, -0.15) is 0 Å². The number of ether oxygens (including phenoxy) is 1. The molecule has 0 bridgehead atoms. The molecule has 4 rings (SSSR count). The number of rotatable bonds is 6.